The van der Waals surface area contributed by atoms with Gasteiger partial charge in [-0.2, -0.15) is 0 Å². The summed E-state index contributed by atoms with van der Waals surface area (Å²) in [5.74, 6) is 0. The second-order valence-electron chi connectivity index (χ2n) is 5.07. The lowest BCUT2D eigenvalue weighted by Crippen LogP contribution is -2.41. The molecule has 0 aromatic rings. The molecule has 0 heterocycles. The van der Waals surface area contributed by atoms with E-state index >= 15 is 0 Å². The Labute approximate surface area is 93.1 Å². The minimum atomic E-state index is -1.63. The fourth-order valence-corrected chi connectivity index (χ4v) is 1.98. The van der Waals surface area contributed by atoms with Crippen molar-refractivity contribution in [1.29, 1.82) is 0 Å². The topological polar surface area (TPSA) is 26.3 Å². The first-order chi connectivity index (χ1) is 6.17. The van der Waals surface area contributed by atoms with Gasteiger partial charge in [-0.05, 0) is 36.2 Å². The van der Waals surface area contributed by atoms with Crippen LogP contribution in [0.15, 0.2) is 0 Å². The van der Waals surface area contributed by atoms with Crippen LogP contribution in [-0.2, 0) is 9.22 Å². The maximum Gasteiger partial charge on any atom is 0.221 e. The Bertz CT molecular complexity index is 197. The summed E-state index contributed by atoms with van der Waals surface area (Å²) < 4.78 is 5.87. The van der Waals surface area contributed by atoms with E-state index in [2.05, 4.69) is 33.9 Å². The second-order valence-corrected chi connectivity index (χ2v) is 10.3. The summed E-state index contributed by atoms with van der Waals surface area (Å²) >= 11 is 5.23. The molecule has 0 aromatic heterocycles. The van der Waals surface area contributed by atoms with Gasteiger partial charge in [-0.1, -0.05) is 20.8 Å². The van der Waals surface area contributed by atoms with E-state index in [1.54, 1.807) is 0 Å². The molecule has 14 heavy (non-hydrogen) atoms. The van der Waals surface area contributed by atoms with Gasteiger partial charge in [-0.3, -0.25) is 4.79 Å². The average Bonchev–Trinajstić information content (AvgIpc) is 1.95. The largest absolute Gasteiger partial charge is 0.417 e. The van der Waals surface area contributed by atoms with E-state index < -0.39 is 8.32 Å². The SMILES string of the molecule is CC(C)(C)[Si](C)(C)OCCCC(=O)Cl. The zero-order valence-electron chi connectivity index (χ0n) is 9.82. The van der Waals surface area contributed by atoms with Crippen molar-refractivity contribution in [3.8, 4) is 0 Å². The van der Waals surface area contributed by atoms with Crippen molar-refractivity contribution in [2.24, 2.45) is 0 Å². The van der Waals surface area contributed by atoms with Crippen molar-refractivity contribution in [2.75, 3.05) is 6.61 Å². The van der Waals surface area contributed by atoms with Crippen molar-refractivity contribution in [1.82, 2.24) is 0 Å². The molecule has 0 saturated carbocycles. The van der Waals surface area contributed by atoms with E-state index in [-0.39, 0.29) is 10.3 Å². The normalized spacial score (nSPS) is 13.0. The van der Waals surface area contributed by atoms with Crippen LogP contribution < -0.4 is 0 Å². The Balaban J connectivity index is 3.83. The third-order valence-corrected chi connectivity index (χ3v) is 7.51. The molecule has 0 fully saturated rings. The van der Waals surface area contributed by atoms with E-state index in [1.807, 2.05) is 0 Å². The molecular formula is C10H21ClO2Si. The highest BCUT2D eigenvalue weighted by Crippen LogP contribution is 2.36. The second kappa shape index (κ2) is 5.28. The van der Waals surface area contributed by atoms with Gasteiger partial charge in [0, 0.05) is 13.0 Å². The van der Waals surface area contributed by atoms with E-state index in [4.69, 9.17) is 16.0 Å². The quantitative estimate of drug-likeness (QED) is 0.415. The highest BCUT2D eigenvalue weighted by Gasteiger charge is 2.36. The number of halogens is 1. The molecule has 0 atom stereocenters. The summed E-state index contributed by atoms with van der Waals surface area (Å²) in [6, 6.07) is 0. The monoisotopic (exact) mass is 236 g/mol. The van der Waals surface area contributed by atoms with Crippen LogP contribution in [0.2, 0.25) is 18.1 Å². The van der Waals surface area contributed by atoms with E-state index in [0.717, 1.165) is 6.42 Å². The maximum atomic E-state index is 10.5. The van der Waals surface area contributed by atoms with Gasteiger partial charge in [0.05, 0.1) is 0 Å². The number of carbonyl (C=O) groups is 1. The molecule has 0 spiro atoms. The van der Waals surface area contributed by atoms with Crippen molar-refractivity contribution >= 4 is 25.2 Å². The maximum absolute atomic E-state index is 10.5. The van der Waals surface area contributed by atoms with E-state index in [1.165, 1.54) is 0 Å². The molecule has 0 N–H and O–H groups in total. The molecule has 0 bridgehead atoms. The molecule has 0 amide bonds. The molecule has 0 aromatic carbocycles. The first kappa shape index (κ1) is 14.1. The lowest BCUT2D eigenvalue weighted by Gasteiger charge is -2.36. The molecule has 0 radical (unpaired) electrons. The Morgan fingerprint density at radius 3 is 2.21 bits per heavy atom. The summed E-state index contributed by atoms with van der Waals surface area (Å²) in [4.78, 5) is 10.5. The first-order valence-corrected chi connectivity index (χ1v) is 8.28. The lowest BCUT2D eigenvalue weighted by molar-refractivity contribution is -0.111. The minimum Gasteiger partial charge on any atom is -0.417 e. The summed E-state index contributed by atoms with van der Waals surface area (Å²) in [5, 5.41) is -0.0401. The van der Waals surface area contributed by atoms with E-state index in [9.17, 15) is 4.79 Å². The van der Waals surface area contributed by atoms with Crippen LogP contribution in [0.5, 0.6) is 0 Å². The number of carbonyl (C=O) groups excluding carboxylic acids is 1. The molecule has 0 rings (SSSR count). The molecule has 0 unspecified atom stereocenters. The molecule has 2 nitrogen and oxygen atoms in total. The van der Waals surface area contributed by atoms with Crippen molar-refractivity contribution < 1.29 is 9.22 Å². The summed E-state index contributed by atoms with van der Waals surface area (Å²) in [6.07, 6.45) is 1.14. The molecule has 0 saturated heterocycles. The van der Waals surface area contributed by atoms with Crippen LogP contribution in [0.25, 0.3) is 0 Å². The minimum absolute atomic E-state index is 0.234. The number of hydrogen-bond donors (Lipinski definition) is 0. The van der Waals surface area contributed by atoms with Gasteiger partial charge >= 0.3 is 0 Å². The van der Waals surface area contributed by atoms with Crippen LogP contribution in [-0.4, -0.2) is 20.2 Å². The smallest absolute Gasteiger partial charge is 0.221 e. The number of rotatable bonds is 5. The predicted octanol–water partition coefficient (Wildman–Crippen LogP) is 3.55. The number of hydrogen-bond acceptors (Lipinski definition) is 2. The standard InChI is InChI=1S/C10H21ClO2Si/c1-10(2,3)14(4,5)13-8-6-7-9(11)12/h6-8H2,1-5H3. The molecule has 4 heteroatoms. The first-order valence-electron chi connectivity index (χ1n) is 4.99. The highest BCUT2D eigenvalue weighted by molar-refractivity contribution is 6.74. The zero-order chi connectivity index (χ0) is 11.4. The molecule has 0 aliphatic carbocycles. The third kappa shape index (κ3) is 5.13. The van der Waals surface area contributed by atoms with Crippen molar-refractivity contribution in [3.63, 3.8) is 0 Å². The fraction of sp³-hybridized carbons (Fsp3) is 0.900. The fourth-order valence-electron chi connectivity index (χ4n) is 0.755. The predicted molar refractivity (Wildman–Crippen MR) is 63.2 cm³/mol. The molecular weight excluding hydrogens is 216 g/mol. The van der Waals surface area contributed by atoms with Gasteiger partial charge in [0.15, 0.2) is 8.32 Å². The van der Waals surface area contributed by atoms with Gasteiger partial charge in [-0.25, -0.2) is 0 Å². The Hall–Kier alpha value is 0.137. The van der Waals surface area contributed by atoms with Gasteiger partial charge in [0.25, 0.3) is 0 Å². The summed E-state index contributed by atoms with van der Waals surface area (Å²) in [6.45, 7) is 11.7. The van der Waals surface area contributed by atoms with Crippen LogP contribution in [0.1, 0.15) is 33.6 Å². The van der Waals surface area contributed by atoms with Crippen LogP contribution in [0, 0.1) is 0 Å². The molecule has 0 aliphatic heterocycles. The third-order valence-electron chi connectivity index (χ3n) is 2.79. The van der Waals surface area contributed by atoms with Gasteiger partial charge in [0.1, 0.15) is 0 Å². The van der Waals surface area contributed by atoms with Crippen molar-refractivity contribution in [2.45, 2.75) is 51.7 Å². The summed E-state index contributed by atoms with van der Waals surface area (Å²) in [5.41, 5.74) is 0. The highest BCUT2D eigenvalue weighted by atomic mass is 35.5. The van der Waals surface area contributed by atoms with Gasteiger partial charge in [0.2, 0.25) is 5.24 Å². The van der Waals surface area contributed by atoms with Crippen LogP contribution in [0.4, 0.5) is 0 Å². The molecule has 84 valence electrons. The van der Waals surface area contributed by atoms with E-state index in [0.29, 0.717) is 13.0 Å². The van der Waals surface area contributed by atoms with Crippen LogP contribution in [0.3, 0.4) is 0 Å². The Kier molecular flexibility index (Phi) is 5.34. The lowest BCUT2D eigenvalue weighted by atomic mass is 10.2. The van der Waals surface area contributed by atoms with Gasteiger partial charge in [-0.15, -0.1) is 0 Å². The Morgan fingerprint density at radius 2 is 1.86 bits per heavy atom. The molecule has 0 aliphatic rings. The van der Waals surface area contributed by atoms with Gasteiger partial charge < -0.3 is 4.43 Å². The Morgan fingerprint density at radius 1 is 1.36 bits per heavy atom. The average molecular weight is 237 g/mol. The summed E-state index contributed by atoms with van der Waals surface area (Å²) in [7, 11) is -1.63. The zero-order valence-corrected chi connectivity index (χ0v) is 11.6. The van der Waals surface area contributed by atoms with Crippen LogP contribution >= 0.6 is 11.6 Å². The van der Waals surface area contributed by atoms with Crippen molar-refractivity contribution in [3.05, 3.63) is 0 Å².